The lowest BCUT2D eigenvalue weighted by molar-refractivity contribution is 0.193. The highest BCUT2D eigenvalue weighted by Gasteiger charge is 2.14. The Morgan fingerprint density at radius 2 is 2.00 bits per heavy atom. The molecule has 0 aromatic carbocycles. The van der Waals surface area contributed by atoms with Gasteiger partial charge < -0.3 is 10.2 Å². The smallest absolute Gasteiger partial charge is 0.0271 e. The molecule has 1 aliphatic heterocycles. The third-order valence-corrected chi connectivity index (χ3v) is 3.56. The summed E-state index contributed by atoms with van der Waals surface area (Å²) in [5.41, 5.74) is 1.31. The van der Waals surface area contributed by atoms with Crippen molar-refractivity contribution < 1.29 is 0 Å². The van der Waals surface area contributed by atoms with Gasteiger partial charge in [0.25, 0.3) is 0 Å². The topological polar surface area (TPSA) is 28.2 Å². The Bertz CT molecular complexity index is 305. The third-order valence-electron chi connectivity index (χ3n) is 3.56. The van der Waals surface area contributed by atoms with Gasteiger partial charge in [-0.3, -0.25) is 4.98 Å². The zero-order valence-corrected chi connectivity index (χ0v) is 10.7. The largest absolute Gasteiger partial charge is 0.311 e. The molecule has 1 aromatic rings. The van der Waals surface area contributed by atoms with Gasteiger partial charge in [-0.25, -0.2) is 0 Å². The molecule has 0 atom stereocenters. The predicted molar refractivity (Wildman–Crippen MR) is 70.8 cm³/mol. The molecule has 1 saturated heterocycles. The number of likely N-dealkylation sites (tertiary alicyclic amines) is 1. The van der Waals surface area contributed by atoms with E-state index in [0.717, 1.165) is 19.0 Å². The van der Waals surface area contributed by atoms with E-state index in [1.165, 1.54) is 38.0 Å². The molecule has 0 aliphatic carbocycles. The molecule has 1 N–H and O–H groups in total. The number of hydrogen-bond acceptors (Lipinski definition) is 3. The Hall–Kier alpha value is -0.930. The van der Waals surface area contributed by atoms with Crippen LogP contribution in [0.5, 0.6) is 0 Å². The number of nitrogens with one attached hydrogen (secondary N) is 1. The molecular weight excluding hydrogens is 210 g/mol. The standard InChI is InChI=1S/C14H23N3/c1-13-4-9-17(10-5-13)11-8-16-12-14-2-6-15-7-3-14/h2-3,6-7,13,16H,4-5,8-12H2,1H3. The molecule has 1 aromatic heterocycles. The Morgan fingerprint density at radius 1 is 1.29 bits per heavy atom. The summed E-state index contributed by atoms with van der Waals surface area (Å²) in [5.74, 6) is 0.927. The minimum atomic E-state index is 0.927. The number of pyridine rings is 1. The fourth-order valence-corrected chi connectivity index (χ4v) is 2.26. The maximum atomic E-state index is 4.02. The molecule has 0 bridgehead atoms. The number of aromatic nitrogens is 1. The Labute approximate surface area is 104 Å². The highest BCUT2D eigenvalue weighted by Crippen LogP contribution is 2.15. The molecule has 1 aliphatic rings. The summed E-state index contributed by atoms with van der Waals surface area (Å²) in [7, 11) is 0. The van der Waals surface area contributed by atoms with Crippen molar-refractivity contribution in [2.24, 2.45) is 5.92 Å². The van der Waals surface area contributed by atoms with E-state index >= 15 is 0 Å². The molecule has 3 nitrogen and oxygen atoms in total. The normalized spacial score (nSPS) is 18.4. The molecule has 1 fully saturated rings. The minimum absolute atomic E-state index is 0.927. The average Bonchev–Trinajstić information content (AvgIpc) is 2.38. The summed E-state index contributed by atoms with van der Waals surface area (Å²) in [6.45, 7) is 8.12. The average molecular weight is 233 g/mol. The van der Waals surface area contributed by atoms with Gasteiger partial charge in [-0.1, -0.05) is 6.92 Å². The Morgan fingerprint density at radius 3 is 2.71 bits per heavy atom. The quantitative estimate of drug-likeness (QED) is 0.787. The van der Waals surface area contributed by atoms with E-state index in [0.29, 0.717) is 0 Å². The van der Waals surface area contributed by atoms with Gasteiger partial charge in [0.2, 0.25) is 0 Å². The van der Waals surface area contributed by atoms with Crippen LogP contribution in [-0.2, 0) is 6.54 Å². The van der Waals surface area contributed by atoms with E-state index in [1.54, 1.807) is 0 Å². The molecule has 3 heteroatoms. The van der Waals surface area contributed by atoms with Gasteiger partial charge in [0.1, 0.15) is 0 Å². The first-order chi connectivity index (χ1) is 8.34. The number of nitrogens with zero attached hydrogens (tertiary/aromatic N) is 2. The van der Waals surface area contributed by atoms with Crippen LogP contribution < -0.4 is 5.32 Å². The van der Waals surface area contributed by atoms with Crippen molar-refractivity contribution in [1.82, 2.24) is 15.2 Å². The second-order valence-corrected chi connectivity index (χ2v) is 5.06. The van der Waals surface area contributed by atoms with Crippen LogP contribution in [0.2, 0.25) is 0 Å². The monoisotopic (exact) mass is 233 g/mol. The first-order valence-corrected chi connectivity index (χ1v) is 6.66. The van der Waals surface area contributed by atoms with Gasteiger partial charge in [0.15, 0.2) is 0 Å². The molecule has 0 unspecified atom stereocenters. The van der Waals surface area contributed by atoms with E-state index in [4.69, 9.17) is 0 Å². The molecule has 2 rings (SSSR count). The summed E-state index contributed by atoms with van der Waals surface area (Å²) >= 11 is 0. The van der Waals surface area contributed by atoms with Crippen LogP contribution in [0.3, 0.4) is 0 Å². The van der Waals surface area contributed by atoms with E-state index in [1.807, 2.05) is 12.4 Å². The number of hydrogen-bond donors (Lipinski definition) is 1. The lowest BCUT2D eigenvalue weighted by Gasteiger charge is -2.30. The fraction of sp³-hybridized carbons (Fsp3) is 0.643. The molecule has 0 radical (unpaired) electrons. The van der Waals surface area contributed by atoms with Gasteiger partial charge in [-0.05, 0) is 49.5 Å². The van der Waals surface area contributed by atoms with Crippen molar-refractivity contribution in [2.45, 2.75) is 26.3 Å². The Balaban J connectivity index is 1.57. The van der Waals surface area contributed by atoms with Gasteiger partial charge >= 0.3 is 0 Å². The summed E-state index contributed by atoms with van der Waals surface area (Å²) in [5, 5.41) is 3.49. The van der Waals surface area contributed by atoms with Crippen molar-refractivity contribution in [3.05, 3.63) is 30.1 Å². The van der Waals surface area contributed by atoms with Crippen LogP contribution in [0.4, 0.5) is 0 Å². The second kappa shape index (κ2) is 6.72. The predicted octanol–water partition coefficient (Wildman–Crippen LogP) is 1.90. The van der Waals surface area contributed by atoms with Crippen LogP contribution in [-0.4, -0.2) is 36.1 Å². The van der Waals surface area contributed by atoms with Crippen molar-refractivity contribution in [3.8, 4) is 0 Å². The SMILES string of the molecule is CC1CCN(CCNCc2ccncc2)CC1. The zero-order valence-electron chi connectivity index (χ0n) is 10.7. The third kappa shape index (κ3) is 4.44. The first kappa shape index (κ1) is 12.5. The van der Waals surface area contributed by atoms with Crippen molar-refractivity contribution >= 4 is 0 Å². The summed E-state index contributed by atoms with van der Waals surface area (Å²) in [6, 6.07) is 4.13. The van der Waals surface area contributed by atoms with E-state index in [-0.39, 0.29) is 0 Å². The van der Waals surface area contributed by atoms with Gasteiger partial charge in [0, 0.05) is 32.0 Å². The second-order valence-electron chi connectivity index (χ2n) is 5.06. The number of piperidine rings is 1. The first-order valence-electron chi connectivity index (χ1n) is 6.66. The van der Waals surface area contributed by atoms with Gasteiger partial charge in [0.05, 0.1) is 0 Å². The van der Waals surface area contributed by atoms with Gasteiger partial charge in [-0.2, -0.15) is 0 Å². The summed E-state index contributed by atoms with van der Waals surface area (Å²) in [4.78, 5) is 6.59. The number of rotatable bonds is 5. The molecule has 0 saturated carbocycles. The molecule has 0 spiro atoms. The highest BCUT2D eigenvalue weighted by molar-refractivity contribution is 5.08. The van der Waals surface area contributed by atoms with E-state index in [2.05, 4.69) is 34.3 Å². The van der Waals surface area contributed by atoms with E-state index in [9.17, 15) is 0 Å². The van der Waals surface area contributed by atoms with Crippen molar-refractivity contribution in [1.29, 1.82) is 0 Å². The van der Waals surface area contributed by atoms with Gasteiger partial charge in [-0.15, -0.1) is 0 Å². The lowest BCUT2D eigenvalue weighted by Crippen LogP contribution is -2.37. The molecule has 94 valence electrons. The minimum Gasteiger partial charge on any atom is -0.311 e. The molecular formula is C14H23N3. The maximum absolute atomic E-state index is 4.02. The highest BCUT2D eigenvalue weighted by atomic mass is 15.1. The van der Waals surface area contributed by atoms with Crippen LogP contribution in [0.15, 0.2) is 24.5 Å². The lowest BCUT2D eigenvalue weighted by atomic mass is 9.99. The van der Waals surface area contributed by atoms with Crippen LogP contribution in [0.25, 0.3) is 0 Å². The van der Waals surface area contributed by atoms with E-state index < -0.39 is 0 Å². The van der Waals surface area contributed by atoms with Crippen molar-refractivity contribution in [3.63, 3.8) is 0 Å². The maximum Gasteiger partial charge on any atom is 0.0271 e. The van der Waals surface area contributed by atoms with Crippen LogP contribution in [0.1, 0.15) is 25.3 Å². The molecule has 17 heavy (non-hydrogen) atoms. The van der Waals surface area contributed by atoms with Crippen molar-refractivity contribution in [2.75, 3.05) is 26.2 Å². The molecule has 0 amide bonds. The fourth-order valence-electron chi connectivity index (χ4n) is 2.26. The summed E-state index contributed by atoms with van der Waals surface area (Å²) in [6.07, 6.45) is 6.43. The van der Waals surface area contributed by atoms with Crippen LogP contribution in [0, 0.1) is 5.92 Å². The zero-order chi connectivity index (χ0) is 11.9. The summed E-state index contributed by atoms with van der Waals surface area (Å²) < 4.78 is 0. The Kier molecular flexibility index (Phi) is 4.95. The van der Waals surface area contributed by atoms with Crippen LogP contribution >= 0.6 is 0 Å². The molecule has 2 heterocycles.